The monoisotopic (exact) mass is 310 g/mol. The zero-order valence-corrected chi connectivity index (χ0v) is 13.9. The molecule has 0 aliphatic carbocycles. The largest absolute Gasteiger partial charge is 0.492 e. The summed E-state index contributed by atoms with van der Waals surface area (Å²) in [7, 11) is 0. The molecular weight excluding hydrogens is 284 g/mol. The van der Waals surface area contributed by atoms with E-state index in [-0.39, 0.29) is 12.4 Å². The molecule has 4 heteroatoms. The first-order valence-corrected chi connectivity index (χ1v) is 7.91. The molecule has 2 aliphatic heterocycles. The van der Waals surface area contributed by atoms with Crippen LogP contribution in [0.5, 0.6) is 5.75 Å². The second kappa shape index (κ2) is 7.48. The summed E-state index contributed by atoms with van der Waals surface area (Å²) in [5, 5.41) is 3.55. The van der Waals surface area contributed by atoms with Crippen LogP contribution in [0.1, 0.15) is 30.4 Å². The first kappa shape index (κ1) is 16.6. The quantitative estimate of drug-likeness (QED) is 0.925. The maximum atomic E-state index is 6.07. The standard InChI is InChI=1S/C17H26N2O.ClH/c1-13-4-3-5-14(2)17(13)20-11-10-19-15-6-7-16(19)12-18-9-8-15;/h3-5,15-16,18H,6-12H2,1-2H3;1H. The van der Waals surface area contributed by atoms with Gasteiger partial charge >= 0.3 is 0 Å². The SMILES string of the molecule is Cc1cccc(C)c1OCCN1C2CCNCC1CC2.Cl. The molecule has 21 heavy (non-hydrogen) atoms. The van der Waals surface area contributed by atoms with Crippen LogP contribution >= 0.6 is 12.4 Å². The molecule has 2 aliphatic rings. The van der Waals surface area contributed by atoms with Crippen LogP contribution < -0.4 is 10.1 Å². The molecule has 3 nitrogen and oxygen atoms in total. The van der Waals surface area contributed by atoms with Crippen molar-refractivity contribution in [3.63, 3.8) is 0 Å². The van der Waals surface area contributed by atoms with E-state index in [2.05, 4.69) is 42.3 Å². The number of nitrogens with zero attached hydrogens (tertiary/aromatic N) is 1. The molecule has 2 atom stereocenters. The minimum atomic E-state index is 0. The fourth-order valence-electron chi connectivity index (χ4n) is 3.73. The Hall–Kier alpha value is -0.770. The zero-order chi connectivity index (χ0) is 13.9. The molecule has 0 aromatic heterocycles. The summed E-state index contributed by atoms with van der Waals surface area (Å²) in [4.78, 5) is 2.67. The molecule has 0 amide bonds. The van der Waals surface area contributed by atoms with Crippen LogP contribution in [-0.2, 0) is 0 Å². The van der Waals surface area contributed by atoms with Gasteiger partial charge in [-0.3, -0.25) is 4.90 Å². The molecule has 2 saturated heterocycles. The van der Waals surface area contributed by atoms with E-state index in [0.29, 0.717) is 0 Å². The molecular formula is C17H27ClN2O. The minimum absolute atomic E-state index is 0. The van der Waals surface area contributed by atoms with Crippen molar-refractivity contribution in [2.75, 3.05) is 26.2 Å². The molecule has 0 spiro atoms. The number of benzene rings is 1. The van der Waals surface area contributed by atoms with Crippen molar-refractivity contribution in [3.8, 4) is 5.75 Å². The predicted molar refractivity (Wildman–Crippen MR) is 89.7 cm³/mol. The molecule has 2 unspecified atom stereocenters. The lowest BCUT2D eigenvalue weighted by atomic mass is 10.1. The van der Waals surface area contributed by atoms with Gasteiger partial charge in [0.1, 0.15) is 12.4 Å². The van der Waals surface area contributed by atoms with Crippen molar-refractivity contribution < 1.29 is 4.74 Å². The van der Waals surface area contributed by atoms with Gasteiger partial charge < -0.3 is 10.1 Å². The maximum Gasteiger partial charge on any atom is 0.125 e. The molecule has 1 N–H and O–H groups in total. The highest BCUT2D eigenvalue weighted by Crippen LogP contribution is 2.28. The van der Waals surface area contributed by atoms with Gasteiger partial charge in [0.15, 0.2) is 0 Å². The number of ether oxygens (including phenoxy) is 1. The van der Waals surface area contributed by atoms with Crippen LogP contribution in [0.15, 0.2) is 18.2 Å². The highest BCUT2D eigenvalue weighted by molar-refractivity contribution is 5.85. The Balaban J connectivity index is 0.00000161. The van der Waals surface area contributed by atoms with Gasteiger partial charge in [-0.1, -0.05) is 18.2 Å². The highest BCUT2D eigenvalue weighted by Gasteiger charge is 2.34. The number of aryl methyl sites for hydroxylation is 2. The number of halogens is 1. The molecule has 1 aromatic carbocycles. The summed E-state index contributed by atoms with van der Waals surface area (Å²) in [5.74, 6) is 1.08. The molecule has 2 bridgehead atoms. The highest BCUT2D eigenvalue weighted by atomic mass is 35.5. The predicted octanol–water partition coefficient (Wildman–Crippen LogP) is 2.93. The zero-order valence-electron chi connectivity index (χ0n) is 13.1. The van der Waals surface area contributed by atoms with Gasteiger partial charge in [-0.05, 0) is 50.8 Å². The van der Waals surface area contributed by atoms with Crippen LogP contribution in [-0.4, -0.2) is 43.2 Å². The van der Waals surface area contributed by atoms with Gasteiger partial charge in [-0.15, -0.1) is 12.4 Å². The Labute approximate surface area is 134 Å². The number of fused-ring (bicyclic) bond motifs is 2. The Morgan fingerprint density at radius 2 is 1.86 bits per heavy atom. The lowest BCUT2D eigenvalue weighted by Crippen LogP contribution is -2.40. The lowest BCUT2D eigenvalue weighted by molar-refractivity contribution is 0.161. The van der Waals surface area contributed by atoms with Crippen molar-refractivity contribution in [1.82, 2.24) is 10.2 Å². The summed E-state index contributed by atoms with van der Waals surface area (Å²) < 4.78 is 6.07. The lowest BCUT2D eigenvalue weighted by Gasteiger charge is -2.27. The van der Waals surface area contributed by atoms with E-state index in [1.807, 2.05) is 0 Å². The van der Waals surface area contributed by atoms with E-state index in [0.717, 1.165) is 37.5 Å². The van der Waals surface area contributed by atoms with Crippen molar-refractivity contribution in [2.24, 2.45) is 0 Å². The number of rotatable bonds is 4. The molecule has 2 heterocycles. The maximum absolute atomic E-state index is 6.07. The second-order valence-corrected chi connectivity index (χ2v) is 6.19. The third kappa shape index (κ3) is 3.71. The van der Waals surface area contributed by atoms with Gasteiger partial charge in [0.05, 0.1) is 0 Å². The Bertz CT molecular complexity index is 432. The average molecular weight is 311 g/mol. The number of hydrogen-bond acceptors (Lipinski definition) is 3. The van der Waals surface area contributed by atoms with E-state index in [9.17, 15) is 0 Å². The van der Waals surface area contributed by atoms with Crippen LogP contribution in [0.2, 0.25) is 0 Å². The Kier molecular flexibility index (Phi) is 5.91. The third-order valence-electron chi connectivity index (χ3n) is 4.81. The topological polar surface area (TPSA) is 24.5 Å². The molecule has 3 rings (SSSR count). The minimum Gasteiger partial charge on any atom is -0.492 e. The summed E-state index contributed by atoms with van der Waals surface area (Å²) in [6.07, 6.45) is 4.01. The van der Waals surface area contributed by atoms with Gasteiger partial charge in [-0.2, -0.15) is 0 Å². The summed E-state index contributed by atoms with van der Waals surface area (Å²) in [5.41, 5.74) is 2.48. The van der Waals surface area contributed by atoms with Gasteiger partial charge in [0, 0.05) is 25.2 Å². The summed E-state index contributed by atoms with van der Waals surface area (Å²) in [6.45, 7) is 8.45. The van der Waals surface area contributed by atoms with Crippen molar-refractivity contribution in [1.29, 1.82) is 0 Å². The van der Waals surface area contributed by atoms with E-state index in [1.54, 1.807) is 0 Å². The molecule has 0 saturated carbocycles. The van der Waals surface area contributed by atoms with Crippen molar-refractivity contribution in [3.05, 3.63) is 29.3 Å². The average Bonchev–Trinajstić information content (AvgIpc) is 2.66. The molecule has 1 aromatic rings. The van der Waals surface area contributed by atoms with Gasteiger partial charge in [0.2, 0.25) is 0 Å². The van der Waals surface area contributed by atoms with Crippen LogP contribution in [0.25, 0.3) is 0 Å². The normalized spacial score (nSPS) is 25.2. The fourth-order valence-corrected chi connectivity index (χ4v) is 3.73. The second-order valence-electron chi connectivity index (χ2n) is 6.19. The fraction of sp³-hybridized carbons (Fsp3) is 0.647. The molecule has 0 radical (unpaired) electrons. The number of hydrogen-bond donors (Lipinski definition) is 1. The number of para-hydroxylation sites is 1. The van der Waals surface area contributed by atoms with E-state index in [1.165, 1.54) is 36.9 Å². The number of nitrogens with one attached hydrogen (secondary N) is 1. The van der Waals surface area contributed by atoms with Crippen molar-refractivity contribution in [2.45, 2.75) is 45.2 Å². The molecule has 2 fully saturated rings. The summed E-state index contributed by atoms with van der Waals surface area (Å²) >= 11 is 0. The van der Waals surface area contributed by atoms with Crippen LogP contribution in [0.4, 0.5) is 0 Å². The smallest absolute Gasteiger partial charge is 0.125 e. The first-order valence-electron chi connectivity index (χ1n) is 7.91. The van der Waals surface area contributed by atoms with Crippen LogP contribution in [0.3, 0.4) is 0 Å². The van der Waals surface area contributed by atoms with Crippen molar-refractivity contribution >= 4 is 12.4 Å². The van der Waals surface area contributed by atoms with E-state index in [4.69, 9.17) is 4.74 Å². The Morgan fingerprint density at radius 1 is 1.14 bits per heavy atom. The Morgan fingerprint density at radius 3 is 2.62 bits per heavy atom. The van der Waals surface area contributed by atoms with Gasteiger partial charge in [0.25, 0.3) is 0 Å². The van der Waals surface area contributed by atoms with E-state index < -0.39 is 0 Å². The first-order chi connectivity index (χ1) is 9.75. The van der Waals surface area contributed by atoms with Crippen LogP contribution in [0, 0.1) is 13.8 Å². The summed E-state index contributed by atoms with van der Waals surface area (Å²) in [6, 6.07) is 7.85. The van der Waals surface area contributed by atoms with E-state index >= 15 is 0 Å². The molecule has 118 valence electrons. The third-order valence-corrected chi connectivity index (χ3v) is 4.81. The van der Waals surface area contributed by atoms with Gasteiger partial charge in [-0.25, -0.2) is 0 Å².